The fourth-order valence-corrected chi connectivity index (χ4v) is 0.793. The molecule has 0 aliphatic heterocycles. The van der Waals surface area contributed by atoms with E-state index < -0.39 is 0 Å². The van der Waals surface area contributed by atoms with Crippen molar-refractivity contribution in [2.45, 2.75) is 27.2 Å². The monoisotopic (exact) mass is 173 g/mol. The van der Waals surface area contributed by atoms with Crippen molar-refractivity contribution < 1.29 is 9.53 Å². The lowest BCUT2D eigenvalue weighted by atomic mass is 10.1. The van der Waals surface area contributed by atoms with Gasteiger partial charge in [0.1, 0.15) is 0 Å². The van der Waals surface area contributed by atoms with Gasteiger partial charge in [0.05, 0.1) is 13.2 Å². The summed E-state index contributed by atoms with van der Waals surface area (Å²) in [5.41, 5.74) is 0. The standard InChI is InChI=1S/C9H19NO2/c1-4-12-9(11)7-10-6-5-8(2)3/h8,10H,4-7H2,1-3H3. The lowest BCUT2D eigenvalue weighted by molar-refractivity contribution is -0.142. The SMILES string of the molecule is CCOC(=O)CNCCC(C)C. The van der Waals surface area contributed by atoms with Gasteiger partial charge in [-0.3, -0.25) is 4.79 Å². The maximum Gasteiger partial charge on any atom is 0.319 e. The van der Waals surface area contributed by atoms with Crippen LogP contribution in [0.25, 0.3) is 0 Å². The van der Waals surface area contributed by atoms with Gasteiger partial charge in [-0.15, -0.1) is 0 Å². The van der Waals surface area contributed by atoms with Crippen molar-refractivity contribution >= 4 is 5.97 Å². The Balaban J connectivity index is 3.14. The molecule has 0 aliphatic carbocycles. The summed E-state index contributed by atoms with van der Waals surface area (Å²) in [6, 6.07) is 0. The summed E-state index contributed by atoms with van der Waals surface area (Å²) in [6.45, 7) is 7.81. The molecule has 0 aromatic rings. The van der Waals surface area contributed by atoms with E-state index in [4.69, 9.17) is 4.74 Å². The Kier molecular flexibility index (Phi) is 6.76. The molecule has 0 aromatic heterocycles. The van der Waals surface area contributed by atoms with Gasteiger partial charge in [-0.2, -0.15) is 0 Å². The average Bonchev–Trinajstić information content (AvgIpc) is 1.98. The lowest BCUT2D eigenvalue weighted by Crippen LogP contribution is -2.26. The Labute approximate surface area is 74.5 Å². The normalized spacial score (nSPS) is 10.3. The van der Waals surface area contributed by atoms with E-state index in [2.05, 4.69) is 19.2 Å². The average molecular weight is 173 g/mol. The second-order valence-electron chi connectivity index (χ2n) is 3.16. The van der Waals surface area contributed by atoms with Crippen LogP contribution in [0.4, 0.5) is 0 Å². The van der Waals surface area contributed by atoms with Gasteiger partial charge in [0.25, 0.3) is 0 Å². The maximum atomic E-state index is 10.8. The van der Waals surface area contributed by atoms with Gasteiger partial charge < -0.3 is 10.1 Å². The molecule has 0 saturated heterocycles. The minimum Gasteiger partial charge on any atom is -0.465 e. The molecule has 0 saturated carbocycles. The van der Waals surface area contributed by atoms with Gasteiger partial charge in [0.15, 0.2) is 0 Å². The molecule has 0 unspecified atom stereocenters. The van der Waals surface area contributed by atoms with Crippen molar-refractivity contribution in [3.63, 3.8) is 0 Å². The number of carbonyl (C=O) groups is 1. The molecule has 0 heterocycles. The van der Waals surface area contributed by atoms with Crippen molar-refractivity contribution in [2.24, 2.45) is 5.92 Å². The largest absolute Gasteiger partial charge is 0.465 e. The van der Waals surface area contributed by atoms with Crippen LogP contribution in [-0.2, 0) is 9.53 Å². The van der Waals surface area contributed by atoms with Crippen LogP contribution < -0.4 is 5.32 Å². The van der Waals surface area contributed by atoms with E-state index in [0.29, 0.717) is 19.1 Å². The number of rotatable bonds is 6. The molecular weight excluding hydrogens is 154 g/mol. The molecule has 0 radical (unpaired) electrons. The van der Waals surface area contributed by atoms with Gasteiger partial charge in [0, 0.05) is 0 Å². The zero-order chi connectivity index (χ0) is 9.40. The van der Waals surface area contributed by atoms with E-state index in [1.165, 1.54) is 0 Å². The Morgan fingerprint density at radius 2 is 2.17 bits per heavy atom. The molecule has 3 heteroatoms. The fraction of sp³-hybridized carbons (Fsp3) is 0.889. The summed E-state index contributed by atoms with van der Waals surface area (Å²) < 4.78 is 4.75. The predicted octanol–water partition coefficient (Wildman–Crippen LogP) is 1.19. The number of nitrogens with one attached hydrogen (secondary N) is 1. The molecule has 72 valence electrons. The van der Waals surface area contributed by atoms with Crippen molar-refractivity contribution in [1.82, 2.24) is 5.32 Å². The number of esters is 1. The van der Waals surface area contributed by atoms with E-state index in [0.717, 1.165) is 13.0 Å². The molecule has 0 bridgehead atoms. The first kappa shape index (κ1) is 11.4. The summed E-state index contributed by atoms with van der Waals surface area (Å²) in [5.74, 6) is 0.515. The molecular formula is C9H19NO2. The molecule has 0 spiro atoms. The Morgan fingerprint density at radius 3 is 2.67 bits per heavy atom. The van der Waals surface area contributed by atoms with Gasteiger partial charge in [-0.1, -0.05) is 13.8 Å². The number of ether oxygens (including phenoxy) is 1. The first-order chi connectivity index (χ1) is 5.66. The molecule has 0 rings (SSSR count). The molecule has 0 aromatic carbocycles. The predicted molar refractivity (Wildman–Crippen MR) is 49.0 cm³/mol. The van der Waals surface area contributed by atoms with Crippen LogP contribution in [0, 0.1) is 5.92 Å². The second-order valence-corrected chi connectivity index (χ2v) is 3.16. The molecule has 1 N–H and O–H groups in total. The minimum absolute atomic E-state index is 0.166. The highest BCUT2D eigenvalue weighted by atomic mass is 16.5. The molecule has 0 amide bonds. The first-order valence-electron chi connectivity index (χ1n) is 4.53. The topological polar surface area (TPSA) is 38.3 Å². The second kappa shape index (κ2) is 7.10. The highest BCUT2D eigenvalue weighted by Gasteiger charge is 1.99. The van der Waals surface area contributed by atoms with Crippen LogP contribution in [0.5, 0.6) is 0 Å². The third-order valence-electron chi connectivity index (χ3n) is 1.47. The van der Waals surface area contributed by atoms with E-state index in [-0.39, 0.29) is 5.97 Å². The van der Waals surface area contributed by atoms with Gasteiger partial charge in [-0.05, 0) is 25.8 Å². The van der Waals surface area contributed by atoms with Gasteiger partial charge >= 0.3 is 5.97 Å². The summed E-state index contributed by atoms with van der Waals surface area (Å²) in [7, 11) is 0. The van der Waals surface area contributed by atoms with Crippen LogP contribution in [-0.4, -0.2) is 25.7 Å². The Bertz CT molecular complexity index is 124. The van der Waals surface area contributed by atoms with E-state index in [1.54, 1.807) is 0 Å². The van der Waals surface area contributed by atoms with Gasteiger partial charge in [-0.25, -0.2) is 0 Å². The molecule has 12 heavy (non-hydrogen) atoms. The Morgan fingerprint density at radius 1 is 1.50 bits per heavy atom. The minimum atomic E-state index is -0.166. The van der Waals surface area contributed by atoms with Crippen LogP contribution >= 0.6 is 0 Å². The molecule has 0 fully saturated rings. The summed E-state index contributed by atoms with van der Waals surface area (Å²) in [6.07, 6.45) is 1.10. The fourth-order valence-electron chi connectivity index (χ4n) is 0.793. The van der Waals surface area contributed by atoms with Crippen LogP contribution in [0.3, 0.4) is 0 Å². The van der Waals surface area contributed by atoms with Crippen molar-refractivity contribution in [3.05, 3.63) is 0 Å². The highest BCUT2D eigenvalue weighted by Crippen LogP contribution is 1.95. The highest BCUT2D eigenvalue weighted by molar-refractivity contribution is 5.71. The third-order valence-corrected chi connectivity index (χ3v) is 1.47. The third kappa shape index (κ3) is 7.54. The summed E-state index contributed by atoms with van der Waals surface area (Å²) >= 11 is 0. The van der Waals surface area contributed by atoms with Gasteiger partial charge in [0.2, 0.25) is 0 Å². The van der Waals surface area contributed by atoms with Crippen molar-refractivity contribution in [1.29, 1.82) is 0 Å². The Hall–Kier alpha value is -0.570. The quantitative estimate of drug-likeness (QED) is 0.484. The lowest BCUT2D eigenvalue weighted by Gasteiger charge is -2.05. The van der Waals surface area contributed by atoms with Crippen LogP contribution in [0.1, 0.15) is 27.2 Å². The van der Waals surface area contributed by atoms with Crippen LogP contribution in [0.2, 0.25) is 0 Å². The zero-order valence-corrected chi connectivity index (χ0v) is 8.22. The summed E-state index contributed by atoms with van der Waals surface area (Å²) in [5, 5.41) is 3.03. The number of carbonyl (C=O) groups excluding carboxylic acids is 1. The van der Waals surface area contributed by atoms with E-state index >= 15 is 0 Å². The first-order valence-corrected chi connectivity index (χ1v) is 4.53. The van der Waals surface area contributed by atoms with Crippen molar-refractivity contribution in [3.8, 4) is 0 Å². The molecule has 0 atom stereocenters. The maximum absolute atomic E-state index is 10.8. The van der Waals surface area contributed by atoms with Crippen molar-refractivity contribution in [2.75, 3.05) is 19.7 Å². The van der Waals surface area contributed by atoms with Crippen LogP contribution in [0.15, 0.2) is 0 Å². The smallest absolute Gasteiger partial charge is 0.319 e. The zero-order valence-electron chi connectivity index (χ0n) is 8.22. The number of hydrogen-bond donors (Lipinski definition) is 1. The summed E-state index contributed by atoms with van der Waals surface area (Å²) in [4.78, 5) is 10.8. The van der Waals surface area contributed by atoms with E-state index in [1.807, 2.05) is 6.92 Å². The number of hydrogen-bond acceptors (Lipinski definition) is 3. The molecule has 0 aliphatic rings. The van der Waals surface area contributed by atoms with E-state index in [9.17, 15) is 4.79 Å². The molecule has 3 nitrogen and oxygen atoms in total.